The molecule has 0 fully saturated rings. The van der Waals surface area contributed by atoms with E-state index in [9.17, 15) is 4.79 Å². The van der Waals surface area contributed by atoms with Crippen molar-refractivity contribution in [3.8, 4) is 0 Å². The maximum absolute atomic E-state index is 11.1. The van der Waals surface area contributed by atoms with E-state index in [1.807, 2.05) is 10.7 Å². The molecule has 1 unspecified atom stereocenters. The summed E-state index contributed by atoms with van der Waals surface area (Å²) < 4.78 is 1.93. The topological polar surface area (TPSA) is 68.0 Å². The number of carboxylic acid groups (broad SMARTS) is 1. The fraction of sp³-hybridized carbons (Fsp3) is 0.500. The average Bonchev–Trinajstić information content (AvgIpc) is 2.89. The standard InChI is InChI=1S/C18H23N3O2/c1-18(2,3)14-7-8-16-15(10-14)19-20-21(16)11-12-5-4-6-13(9-12)17(22)23/h4-6,9,14H,7-8,10-11H2,1-3H3,(H,22,23). The van der Waals surface area contributed by atoms with Crippen molar-refractivity contribution in [1.29, 1.82) is 0 Å². The number of hydrogen-bond donors (Lipinski definition) is 1. The number of aromatic nitrogens is 3. The van der Waals surface area contributed by atoms with Gasteiger partial charge in [0.25, 0.3) is 0 Å². The predicted molar refractivity (Wildman–Crippen MR) is 87.5 cm³/mol. The summed E-state index contributed by atoms with van der Waals surface area (Å²) in [6, 6.07) is 7.02. The second-order valence-corrected chi connectivity index (χ2v) is 7.45. The third-order valence-electron chi connectivity index (χ3n) is 4.82. The summed E-state index contributed by atoms with van der Waals surface area (Å²) in [6.07, 6.45) is 3.12. The van der Waals surface area contributed by atoms with Gasteiger partial charge in [-0.3, -0.25) is 0 Å². The van der Waals surface area contributed by atoms with Crippen LogP contribution in [0.5, 0.6) is 0 Å². The largest absolute Gasteiger partial charge is 0.478 e. The number of rotatable bonds is 3. The second-order valence-electron chi connectivity index (χ2n) is 7.45. The van der Waals surface area contributed by atoms with Crippen LogP contribution in [0.15, 0.2) is 24.3 Å². The van der Waals surface area contributed by atoms with Crippen molar-refractivity contribution in [2.24, 2.45) is 11.3 Å². The van der Waals surface area contributed by atoms with Crippen LogP contribution in [0.3, 0.4) is 0 Å². The Morgan fingerprint density at radius 1 is 1.39 bits per heavy atom. The monoisotopic (exact) mass is 313 g/mol. The van der Waals surface area contributed by atoms with Crippen LogP contribution >= 0.6 is 0 Å². The van der Waals surface area contributed by atoms with Crippen molar-refractivity contribution in [3.63, 3.8) is 0 Å². The summed E-state index contributed by atoms with van der Waals surface area (Å²) in [5, 5.41) is 17.8. The highest BCUT2D eigenvalue weighted by atomic mass is 16.4. The fourth-order valence-electron chi connectivity index (χ4n) is 3.29. The zero-order valence-corrected chi connectivity index (χ0v) is 13.9. The van der Waals surface area contributed by atoms with E-state index in [1.165, 1.54) is 5.69 Å². The molecule has 0 spiro atoms. The van der Waals surface area contributed by atoms with Gasteiger partial charge >= 0.3 is 5.97 Å². The Kier molecular flexibility index (Phi) is 3.96. The maximum atomic E-state index is 11.1. The number of nitrogens with zero attached hydrogens (tertiary/aromatic N) is 3. The van der Waals surface area contributed by atoms with Gasteiger partial charge < -0.3 is 5.11 Å². The molecule has 5 nitrogen and oxygen atoms in total. The zero-order valence-electron chi connectivity index (χ0n) is 13.9. The van der Waals surface area contributed by atoms with Crippen LogP contribution < -0.4 is 0 Å². The van der Waals surface area contributed by atoms with E-state index in [1.54, 1.807) is 18.2 Å². The minimum absolute atomic E-state index is 0.289. The third-order valence-corrected chi connectivity index (χ3v) is 4.82. The highest BCUT2D eigenvalue weighted by molar-refractivity contribution is 5.87. The molecule has 0 amide bonds. The molecule has 1 heterocycles. The molecule has 122 valence electrons. The van der Waals surface area contributed by atoms with Crippen LogP contribution in [0.4, 0.5) is 0 Å². The number of aromatic carboxylic acids is 1. The summed E-state index contributed by atoms with van der Waals surface area (Å²) >= 11 is 0. The molecule has 0 saturated carbocycles. The first kappa shape index (κ1) is 15.7. The molecular weight excluding hydrogens is 290 g/mol. The van der Waals surface area contributed by atoms with Crippen LogP contribution in [0, 0.1) is 11.3 Å². The normalized spacial score (nSPS) is 17.8. The molecular formula is C18H23N3O2. The molecule has 3 rings (SSSR count). The zero-order chi connectivity index (χ0) is 16.6. The van der Waals surface area contributed by atoms with Crippen LogP contribution in [0.2, 0.25) is 0 Å². The van der Waals surface area contributed by atoms with E-state index in [0.717, 1.165) is 30.5 Å². The second kappa shape index (κ2) is 5.80. The molecule has 1 aliphatic rings. The molecule has 1 N–H and O–H groups in total. The van der Waals surface area contributed by atoms with Crippen molar-refractivity contribution >= 4 is 5.97 Å². The Labute approximate surface area is 136 Å². The van der Waals surface area contributed by atoms with Crippen molar-refractivity contribution < 1.29 is 9.90 Å². The average molecular weight is 313 g/mol. The van der Waals surface area contributed by atoms with Gasteiger partial charge in [0, 0.05) is 0 Å². The summed E-state index contributed by atoms with van der Waals surface area (Å²) in [5.41, 5.74) is 3.84. The molecule has 1 atom stereocenters. The van der Waals surface area contributed by atoms with Gasteiger partial charge in [-0.1, -0.05) is 38.1 Å². The molecule has 2 aromatic rings. The number of hydrogen-bond acceptors (Lipinski definition) is 3. The minimum atomic E-state index is -0.902. The third kappa shape index (κ3) is 3.28. The quantitative estimate of drug-likeness (QED) is 0.945. The van der Waals surface area contributed by atoms with Gasteiger partial charge in [0.2, 0.25) is 0 Å². The van der Waals surface area contributed by atoms with Crippen molar-refractivity contribution in [2.75, 3.05) is 0 Å². The lowest BCUT2D eigenvalue weighted by Crippen LogP contribution is -2.27. The summed E-state index contributed by atoms with van der Waals surface area (Å²) in [7, 11) is 0. The summed E-state index contributed by atoms with van der Waals surface area (Å²) in [5.74, 6) is -0.268. The van der Waals surface area contributed by atoms with E-state index < -0.39 is 5.97 Å². The summed E-state index contributed by atoms with van der Waals surface area (Å²) in [6.45, 7) is 7.42. The minimum Gasteiger partial charge on any atom is -0.478 e. The van der Waals surface area contributed by atoms with Gasteiger partial charge in [0.1, 0.15) is 0 Å². The van der Waals surface area contributed by atoms with Gasteiger partial charge in [-0.2, -0.15) is 0 Å². The van der Waals surface area contributed by atoms with E-state index >= 15 is 0 Å². The SMILES string of the molecule is CC(C)(C)C1CCc2c(nnn2Cc2cccc(C(=O)O)c2)C1. The molecule has 5 heteroatoms. The number of fused-ring (bicyclic) bond motifs is 1. The van der Waals surface area contributed by atoms with E-state index in [2.05, 4.69) is 31.1 Å². The lowest BCUT2D eigenvalue weighted by molar-refractivity contribution is 0.0696. The number of carbonyl (C=O) groups is 1. The van der Waals surface area contributed by atoms with E-state index in [4.69, 9.17) is 5.11 Å². The molecule has 1 aliphatic carbocycles. The molecule has 23 heavy (non-hydrogen) atoms. The summed E-state index contributed by atoms with van der Waals surface area (Å²) in [4.78, 5) is 11.1. The highest BCUT2D eigenvalue weighted by Crippen LogP contribution is 2.36. The molecule has 0 radical (unpaired) electrons. The predicted octanol–water partition coefficient (Wildman–Crippen LogP) is 3.18. The number of carboxylic acids is 1. The lowest BCUT2D eigenvalue weighted by Gasteiger charge is -2.33. The van der Waals surface area contributed by atoms with Crippen LogP contribution in [0.25, 0.3) is 0 Å². The first-order valence-electron chi connectivity index (χ1n) is 8.08. The Morgan fingerprint density at radius 3 is 2.87 bits per heavy atom. The fourth-order valence-corrected chi connectivity index (χ4v) is 3.29. The Morgan fingerprint density at radius 2 is 2.17 bits per heavy atom. The lowest BCUT2D eigenvalue weighted by atomic mass is 9.73. The number of benzene rings is 1. The Bertz CT molecular complexity index is 728. The molecule has 0 aliphatic heterocycles. The molecule has 0 bridgehead atoms. The maximum Gasteiger partial charge on any atom is 0.335 e. The van der Waals surface area contributed by atoms with Crippen LogP contribution in [-0.2, 0) is 19.4 Å². The molecule has 0 saturated heterocycles. The Balaban J connectivity index is 1.81. The van der Waals surface area contributed by atoms with Crippen LogP contribution in [0.1, 0.15) is 54.5 Å². The molecule has 1 aromatic heterocycles. The Hall–Kier alpha value is -2.17. The first-order chi connectivity index (χ1) is 10.8. The van der Waals surface area contributed by atoms with Crippen molar-refractivity contribution in [2.45, 2.75) is 46.6 Å². The van der Waals surface area contributed by atoms with Crippen molar-refractivity contribution in [3.05, 3.63) is 46.8 Å². The van der Waals surface area contributed by atoms with E-state index in [-0.39, 0.29) is 5.41 Å². The van der Waals surface area contributed by atoms with Crippen molar-refractivity contribution in [1.82, 2.24) is 15.0 Å². The van der Waals surface area contributed by atoms with Gasteiger partial charge in [-0.15, -0.1) is 5.10 Å². The van der Waals surface area contributed by atoms with Gasteiger partial charge in [-0.05, 0) is 48.3 Å². The highest BCUT2D eigenvalue weighted by Gasteiger charge is 2.31. The smallest absolute Gasteiger partial charge is 0.335 e. The van der Waals surface area contributed by atoms with E-state index in [0.29, 0.717) is 18.0 Å². The molecule has 1 aromatic carbocycles. The van der Waals surface area contributed by atoms with Gasteiger partial charge in [0.15, 0.2) is 0 Å². The van der Waals surface area contributed by atoms with Crippen LogP contribution in [-0.4, -0.2) is 26.1 Å². The first-order valence-corrected chi connectivity index (χ1v) is 8.08. The van der Waals surface area contributed by atoms with Gasteiger partial charge in [0.05, 0.1) is 23.5 Å². The van der Waals surface area contributed by atoms with Gasteiger partial charge in [-0.25, -0.2) is 9.48 Å².